The van der Waals surface area contributed by atoms with Gasteiger partial charge in [-0.3, -0.25) is 14.6 Å². The number of nitrogens with zero attached hydrogens (tertiary/aromatic N) is 2. The van der Waals surface area contributed by atoms with Crippen LogP contribution in [-0.4, -0.2) is 31.7 Å². The number of nitrogens with one attached hydrogen (secondary N) is 1. The fraction of sp³-hybridized carbons (Fsp3) is 0.115. The summed E-state index contributed by atoms with van der Waals surface area (Å²) in [5.41, 5.74) is 4.08. The predicted octanol–water partition coefficient (Wildman–Crippen LogP) is 4.49. The van der Waals surface area contributed by atoms with Crippen LogP contribution >= 0.6 is 0 Å². The molecule has 0 bridgehead atoms. The molecule has 158 valence electrons. The van der Waals surface area contributed by atoms with E-state index in [0.717, 1.165) is 27.6 Å². The highest BCUT2D eigenvalue weighted by Crippen LogP contribution is 2.42. The lowest BCUT2D eigenvalue weighted by atomic mass is 9.94. The number of pyridine rings is 1. The Morgan fingerprint density at radius 1 is 1.06 bits per heavy atom. The number of benzene rings is 2. The second-order valence-electron chi connectivity index (χ2n) is 7.94. The van der Waals surface area contributed by atoms with Crippen molar-refractivity contribution in [1.82, 2.24) is 14.9 Å². The van der Waals surface area contributed by atoms with Crippen molar-refractivity contribution in [1.29, 1.82) is 0 Å². The number of carbonyl (C=O) groups excluding carboxylic acids is 2. The minimum atomic E-state index is -0.729. The highest BCUT2D eigenvalue weighted by Gasteiger charge is 2.46. The molecule has 1 aliphatic rings. The van der Waals surface area contributed by atoms with E-state index < -0.39 is 17.7 Å². The quantitative estimate of drug-likeness (QED) is 0.288. The number of amides is 1. The van der Waals surface area contributed by atoms with Gasteiger partial charge in [0.05, 0.1) is 11.6 Å². The number of para-hydroxylation sites is 1. The highest BCUT2D eigenvalue weighted by atomic mass is 16.3. The molecule has 0 aliphatic carbocycles. The number of aromatic amines is 1. The van der Waals surface area contributed by atoms with Gasteiger partial charge in [-0.15, -0.1) is 0 Å². The molecule has 4 aromatic rings. The lowest BCUT2D eigenvalue weighted by molar-refractivity contribution is -0.140. The van der Waals surface area contributed by atoms with Crippen molar-refractivity contribution in [2.75, 3.05) is 0 Å². The predicted molar refractivity (Wildman–Crippen MR) is 122 cm³/mol. The summed E-state index contributed by atoms with van der Waals surface area (Å²) < 4.78 is 0. The molecule has 1 amide bonds. The monoisotopic (exact) mass is 423 g/mol. The van der Waals surface area contributed by atoms with Gasteiger partial charge in [0, 0.05) is 47.2 Å². The molecule has 2 aromatic heterocycles. The summed E-state index contributed by atoms with van der Waals surface area (Å²) >= 11 is 0. The van der Waals surface area contributed by atoms with Crippen LogP contribution in [0.25, 0.3) is 16.7 Å². The van der Waals surface area contributed by atoms with Crippen molar-refractivity contribution in [3.8, 4) is 0 Å². The summed E-state index contributed by atoms with van der Waals surface area (Å²) in [5.74, 6) is -1.51. The Morgan fingerprint density at radius 2 is 1.84 bits per heavy atom. The summed E-state index contributed by atoms with van der Waals surface area (Å²) in [6, 6.07) is 17.9. The van der Waals surface area contributed by atoms with Gasteiger partial charge in [-0.05, 0) is 24.6 Å². The van der Waals surface area contributed by atoms with Crippen LogP contribution in [-0.2, 0) is 16.1 Å². The Hall–Kier alpha value is -4.19. The van der Waals surface area contributed by atoms with Gasteiger partial charge in [-0.2, -0.15) is 0 Å². The Labute approximate surface area is 184 Å². The number of likely N-dealkylation sites (tertiary alicyclic amines) is 1. The summed E-state index contributed by atoms with van der Waals surface area (Å²) in [5, 5.41) is 12.1. The summed E-state index contributed by atoms with van der Waals surface area (Å²) in [6.07, 6.45) is 5.14. The number of hydrogen-bond acceptors (Lipinski definition) is 4. The molecule has 0 radical (unpaired) electrons. The van der Waals surface area contributed by atoms with Gasteiger partial charge in [0.1, 0.15) is 5.76 Å². The summed E-state index contributed by atoms with van der Waals surface area (Å²) in [4.78, 5) is 35.2. The molecule has 1 saturated heterocycles. The number of rotatable bonds is 4. The first-order valence-corrected chi connectivity index (χ1v) is 10.3. The normalized spacial score (nSPS) is 17.9. The second-order valence-corrected chi connectivity index (χ2v) is 7.94. The summed E-state index contributed by atoms with van der Waals surface area (Å²) in [7, 11) is 0. The third-order valence-corrected chi connectivity index (χ3v) is 5.86. The van der Waals surface area contributed by atoms with Crippen LogP contribution in [0.3, 0.4) is 0 Å². The number of aliphatic hydroxyl groups is 1. The zero-order valence-electron chi connectivity index (χ0n) is 17.4. The first-order chi connectivity index (χ1) is 15.5. The van der Waals surface area contributed by atoms with Crippen LogP contribution in [0.1, 0.15) is 28.3 Å². The lowest BCUT2D eigenvalue weighted by Gasteiger charge is -2.25. The van der Waals surface area contributed by atoms with Gasteiger partial charge in [-0.1, -0.05) is 54.1 Å². The largest absolute Gasteiger partial charge is 0.507 e. The van der Waals surface area contributed by atoms with E-state index in [9.17, 15) is 14.7 Å². The van der Waals surface area contributed by atoms with E-state index in [1.165, 1.54) is 4.90 Å². The minimum Gasteiger partial charge on any atom is -0.507 e. The third kappa shape index (κ3) is 3.26. The van der Waals surface area contributed by atoms with Crippen molar-refractivity contribution >= 4 is 28.4 Å². The number of carbonyl (C=O) groups is 2. The van der Waals surface area contributed by atoms with Crippen molar-refractivity contribution in [2.45, 2.75) is 19.5 Å². The molecule has 2 aromatic carbocycles. The van der Waals surface area contributed by atoms with Crippen LogP contribution in [0.5, 0.6) is 0 Å². The topological polar surface area (TPSA) is 86.3 Å². The molecule has 32 heavy (non-hydrogen) atoms. The molecule has 0 spiro atoms. The van der Waals surface area contributed by atoms with Crippen molar-refractivity contribution < 1.29 is 14.7 Å². The van der Waals surface area contributed by atoms with Crippen molar-refractivity contribution in [2.24, 2.45) is 0 Å². The molecule has 1 fully saturated rings. The highest BCUT2D eigenvalue weighted by molar-refractivity contribution is 6.46. The van der Waals surface area contributed by atoms with E-state index >= 15 is 0 Å². The van der Waals surface area contributed by atoms with E-state index in [0.29, 0.717) is 5.56 Å². The SMILES string of the molecule is Cc1ccc(/C(O)=C2\C(=O)C(=O)N(Cc3cccnc3)C2c2c[nH]c3ccccc23)cc1. The maximum absolute atomic E-state index is 13.2. The molecule has 6 nitrogen and oxygen atoms in total. The Balaban J connectivity index is 1.71. The van der Waals surface area contributed by atoms with Gasteiger partial charge < -0.3 is 15.0 Å². The number of ketones is 1. The molecule has 1 unspecified atom stereocenters. The molecule has 1 atom stereocenters. The minimum absolute atomic E-state index is 0.0903. The van der Waals surface area contributed by atoms with E-state index in [2.05, 4.69) is 9.97 Å². The third-order valence-electron chi connectivity index (χ3n) is 5.86. The zero-order valence-corrected chi connectivity index (χ0v) is 17.4. The van der Waals surface area contributed by atoms with E-state index in [4.69, 9.17) is 0 Å². The van der Waals surface area contributed by atoms with Crippen molar-refractivity contribution in [3.63, 3.8) is 0 Å². The summed E-state index contributed by atoms with van der Waals surface area (Å²) in [6.45, 7) is 2.15. The smallest absolute Gasteiger partial charge is 0.295 e. The van der Waals surface area contributed by atoms with Crippen LogP contribution in [0.4, 0.5) is 0 Å². The Morgan fingerprint density at radius 3 is 2.59 bits per heavy atom. The molecule has 6 heteroatoms. The number of fused-ring (bicyclic) bond motifs is 1. The van der Waals surface area contributed by atoms with Crippen molar-refractivity contribution in [3.05, 3.63) is 107 Å². The average molecular weight is 423 g/mol. The van der Waals surface area contributed by atoms with E-state index in [1.54, 1.807) is 36.8 Å². The molecule has 0 saturated carbocycles. The number of hydrogen-bond donors (Lipinski definition) is 2. The molecule has 3 heterocycles. The van der Waals surface area contributed by atoms with Crippen LogP contribution in [0.2, 0.25) is 0 Å². The van der Waals surface area contributed by atoms with Crippen LogP contribution < -0.4 is 0 Å². The second kappa shape index (κ2) is 7.81. The first-order valence-electron chi connectivity index (χ1n) is 10.3. The number of Topliss-reactive ketones (excluding diaryl/α,β-unsaturated/α-hetero) is 1. The number of aliphatic hydroxyl groups excluding tert-OH is 1. The zero-order chi connectivity index (χ0) is 22.2. The average Bonchev–Trinajstić information content (AvgIpc) is 3.34. The van der Waals surface area contributed by atoms with Crippen LogP contribution in [0, 0.1) is 6.92 Å². The molecular formula is C26H21N3O3. The van der Waals surface area contributed by atoms with E-state index in [-0.39, 0.29) is 17.9 Å². The van der Waals surface area contributed by atoms with Gasteiger partial charge >= 0.3 is 0 Å². The fourth-order valence-electron chi connectivity index (χ4n) is 4.24. The maximum atomic E-state index is 13.2. The lowest BCUT2D eigenvalue weighted by Crippen LogP contribution is -2.29. The Kier molecular flexibility index (Phi) is 4.82. The number of aromatic nitrogens is 2. The molecular weight excluding hydrogens is 402 g/mol. The number of H-pyrrole nitrogens is 1. The standard InChI is InChI=1S/C26H21N3O3/c1-16-8-10-18(11-9-16)24(30)22-23(20-14-28-21-7-3-2-6-19(20)21)29(26(32)25(22)31)15-17-5-4-12-27-13-17/h2-14,23,28,30H,15H2,1H3/b24-22+. The van der Waals surface area contributed by atoms with E-state index in [1.807, 2.05) is 49.4 Å². The van der Waals surface area contributed by atoms with Gasteiger partial charge in [-0.25, -0.2) is 0 Å². The first kappa shape index (κ1) is 19.8. The number of aryl methyl sites for hydroxylation is 1. The van der Waals surface area contributed by atoms with Gasteiger partial charge in [0.15, 0.2) is 0 Å². The molecule has 2 N–H and O–H groups in total. The maximum Gasteiger partial charge on any atom is 0.295 e. The fourth-order valence-corrected chi connectivity index (χ4v) is 4.24. The van der Waals surface area contributed by atoms with Gasteiger partial charge in [0.2, 0.25) is 0 Å². The van der Waals surface area contributed by atoms with Crippen LogP contribution in [0.15, 0.2) is 84.8 Å². The molecule has 5 rings (SSSR count). The molecule has 1 aliphatic heterocycles. The van der Waals surface area contributed by atoms with Gasteiger partial charge in [0.25, 0.3) is 11.7 Å². The Bertz CT molecular complexity index is 1350.